The molecule has 1 aromatic rings. The Balaban J connectivity index is 2.92. The van der Waals surface area contributed by atoms with Crippen LogP contribution in [-0.4, -0.2) is 21.0 Å². The van der Waals surface area contributed by atoms with Crippen molar-refractivity contribution in [3.63, 3.8) is 0 Å². The normalized spacial score (nSPS) is 11.5. The number of aromatic nitrogens is 2. The van der Waals surface area contributed by atoms with E-state index in [-0.39, 0.29) is 30.0 Å². The quantitative estimate of drug-likeness (QED) is 0.853. The molecule has 0 atom stereocenters. The first-order chi connectivity index (χ1) is 7.82. The third-order valence-electron chi connectivity index (χ3n) is 1.98. The Morgan fingerprint density at radius 1 is 1.41 bits per heavy atom. The Bertz CT molecular complexity index is 423. The minimum absolute atomic E-state index is 0.0471. The molecule has 1 N–H and O–H groups in total. The highest BCUT2D eigenvalue weighted by molar-refractivity contribution is 6.30. The molecule has 0 aliphatic carbocycles. The number of hydrogen-bond donors (Lipinski definition) is 1. The van der Waals surface area contributed by atoms with Crippen LogP contribution in [0.15, 0.2) is 6.33 Å². The van der Waals surface area contributed by atoms with Gasteiger partial charge in [-0.1, -0.05) is 11.6 Å². The highest BCUT2D eigenvalue weighted by atomic mass is 35.5. The average molecular weight is 269 g/mol. The molecule has 0 aromatic carbocycles. The lowest BCUT2D eigenvalue weighted by atomic mass is 10.1. The molecule has 1 heterocycles. The summed E-state index contributed by atoms with van der Waals surface area (Å²) in [5.74, 6) is -1.08. The maximum absolute atomic E-state index is 12.5. The second-order valence-corrected chi connectivity index (χ2v) is 3.59. The lowest BCUT2D eigenvalue weighted by Crippen LogP contribution is -2.13. The molecule has 4 nitrogen and oxygen atoms in total. The Morgan fingerprint density at radius 3 is 2.59 bits per heavy atom. The third-order valence-corrected chi connectivity index (χ3v) is 2.30. The minimum atomic E-state index is -4.62. The molecule has 0 aliphatic rings. The van der Waals surface area contributed by atoms with E-state index in [1.165, 1.54) is 0 Å². The van der Waals surface area contributed by atoms with Crippen LogP contribution in [0.25, 0.3) is 0 Å². The van der Waals surface area contributed by atoms with Crippen molar-refractivity contribution in [2.75, 3.05) is 0 Å². The number of aliphatic carboxylic acids is 1. The smallest absolute Gasteiger partial charge is 0.433 e. The number of halogens is 4. The van der Waals surface area contributed by atoms with Gasteiger partial charge in [0.2, 0.25) is 0 Å². The van der Waals surface area contributed by atoms with Gasteiger partial charge in [-0.15, -0.1) is 0 Å². The van der Waals surface area contributed by atoms with Crippen molar-refractivity contribution in [3.05, 3.63) is 22.7 Å². The van der Waals surface area contributed by atoms with Crippen LogP contribution in [0.1, 0.15) is 24.1 Å². The zero-order chi connectivity index (χ0) is 13.1. The molecule has 94 valence electrons. The van der Waals surface area contributed by atoms with Crippen LogP contribution in [0.3, 0.4) is 0 Å². The minimum Gasteiger partial charge on any atom is -0.481 e. The van der Waals surface area contributed by atoms with Gasteiger partial charge in [0.15, 0.2) is 5.69 Å². The number of rotatable bonds is 4. The van der Waals surface area contributed by atoms with Gasteiger partial charge in [0.25, 0.3) is 0 Å². The van der Waals surface area contributed by atoms with Gasteiger partial charge in [-0.2, -0.15) is 13.2 Å². The molecule has 0 saturated heterocycles. The highest BCUT2D eigenvalue weighted by Crippen LogP contribution is 2.33. The van der Waals surface area contributed by atoms with Gasteiger partial charge in [-0.3, -0.25) is 4.79 Å². The Kier molecular flexibility index (Phi) is 4.28. The number of carboxylic acid groups (broad SMARTS) is 1. The van der Waals surface area contributed by atoms with Gasteiger partial charge in [0.05, 0.1) is 0 Å². The van der Waals surface area contributed by atoms with E-state index in [0.29, 0.717) is 0 Å². The Hall–Kier alpha value is -1.37. The van der Waals surface area contributed by atoms with Crippen molar-refractivity contribution in [1.82, 2.24) is 9.97 Å². The first-order valence-electron chi connectivity index (χ1n) is 4.60. The molecular formula is C9H8ClF3N2O2. The van der Waals surface area contributed by atoms with Crippen LogP contribution in [0.2, 0.25) is 5.15 Å². The SMILES string of the molecule is O=C(O)CCCc1c(Cl)ncnc1C(F)(F)F. The molecule has 0 bridgehead atoms. The van der Waals surface area contributed by atoms with E-state index in [4.69, 9.17) is 16.7 Å². The summed E-state index contributed by atoms with van der Waals surface area (Å²) in [7, 11) is 0. The summed E-state index contributed by atoms with van der Waals surface area (Å²) in [4.78, 5) is 16.9. The van der Waals surface area contributed by atoms with Crippen LogP contribution in [0, 0.1) is 0 Å². The average Bonchev–Trinajstić information content (AvgIpc) is 2.18. The van der Waals surface area contributed by atoms with Crippen molar-refractivity contribution in [2.45, 2.75) is 25.4 Å². The fourth-order valence-corrected chi connectivity index (χ4v) is 1.50. The predicted molar refractivity (Wildman–Crippen MR) is 52.6 cm³/mol. The van der Waals surface area contributed by atoms with E-state index < -0.39 is 17.8 Å². The van der Waals surface area contributed by atoms with Crippen molar-refractivity contribution < 1.29 is 23.1 Å². The summed E-state index contributed by atoms with van der Waals surface area (Å²) >= 11 is 5.55. The topological polar surface area (TPSA) is 63.1 Å². The monoisotopic (exact) mass is 268 g/mol. The van der Waals surface area contributed by atoms with Crippen LogP contribution < -0.4 is 0 Å². The summed E-state index contributed by atoms with van der Waals surface area (Å²) in [5.41, 5.74) is -1.37. The van der Waals surface area contributed by atoms with Crippen molar-refractivity contribution >= 4 is 17.6 Å². The summed E-state index contributed by atoms with van der Waals surface area (Å²) < 4.78 is 37.6. The lowest BCUT2D eigenvalue weighted by molar-refractivity contribution is -0.141. The van der Waals surface area contributed by atoms with Crippen LogP contribution in [0.4, 0.5) is 13.2 Å². The standard InChI is InChI=1S/C9H8ClF3N2O2/c10-8-5(2-1-3-6(16)17)7(9(11,12)13)14-4-15-8/h4H,1-3H2,(H,16,17). The van der Waals surface area contributed by atoms with E-state index in [0.717, 1.165) is 6.33 Å². The van der Waals surface area contributed by atoms with E-state index in [2.05, 4.69) is 9.97 Å². The van der Waals surface area contributed by atoms with Crippen molar-refractivity contribution in [1.29, 1.82) is 0 Å². The van der Waals surface area contributed by atoms with Gasteiger partial charge >= 0.3 is 12.1 Å². The number of carboxylic acids is 1. The molecule has 0 amide bonds. The van der Waals surface area contributed by atoms with E-state index >= 15 is 0 Å². The van der Waals surface area contributed by atoms with Crippen molar-refractivity contribution in [2.24, 2.45) is 0 Å². The first kappa shape index (κ1) is 13.7. The van der Waals surface area contributed by atoms with Gasteiger partial charge in [-0.05, 0) is 12.8 Å². The summed E-state index contributed by atoms with van der Waals surface area (Å²) in [5, 5.41) is 8.11. The van der Waals surface area contributed by atoms with E-state index in [9.17, 15) is 18.0 Å². The summed E-state index contributed by atoms with van der Waals surface area (Å²) in [6.45, 7) is 0. The van der Waals surface area contributed by atoms with Crippen LogP contribution in [-0.2, 0) is 17.4 Å². The number of nitrogens with zero attached hydrogens (tertiary/aromatic N) is 2. The molecule has 0 saturated carbocycles. The van der Waals surface area contributed by atoms with Crippen molar-refractivity contribution in [3.8, 4) is 0 Å². The third kappa shape index (κ3) is 3.85. The summed E-state index contributed by atoms with van der Waals surface area (Å²) in [6, 6.07) is 0. The number of hydrogen-bond acceptors (Lipinski definition) is 3. The van der Waals surface area contributed by atoms with E-state index in [1.54, 1.807) is 0 Å². The van der Waals surface area contributed by atoms with Crippen LogP contribution in [0.5, 0.6) is 0 Å². The zero-order valence-electron chi connectivity index (χ0n) is 8.46. The molecule has 1 rings (SSSR count). The summed E-state index contributed by atoms with van der Waals surface area (Å²) in [6.07, 6.45) is -4.20. The molecule has 1 aromatic heterocycles. The molecule has 0 aliphatic heterocycles. The fourth-order valence-electron chi connectivity index (χ4n) is 1.27. The molecular weight excluding hydrogens is 261 g/mol. The predicted octanol–water partition coefficient (Wildman–Crippen LogP) is 2.56. The molecule has 0 fully saturated rings. The first-order valence-corrected chi connectivity index (χ1v) is 4.98. The zero-order valence-corrected chi connectivity index (χ0v) is 9.22. The number of carbonyl (C=O) groups is 1. The molecule has 0 radical (unpaired) electrons. The second kappa shape index (κ2) is 5.31. The van der Waals surface area contributed by atoms with Crippen LogP contribution >= 0.6 is 11.6 Å². The van der Waals surface area contributed by atoms with Gasteiger partial charge in [-0.25, -0.2) is 9.97 Å². The highest BCUT2D eigenvalue weighted by Gasteiger charge is 2.36. The maximum Gasteiger partial charge on any atom is 0.433 e. The second-order valence-electron chi connectivity index (χ2n) is 3.24. The molecule has 17 heavy (non-hydrogen) atoms. The molecule has 0 unspecified atom stereocenters. The number of alkyl halides is 3. The van der Waals surface area contributed by atoms with Gasteiger partial charge in [0, 0.05) is 12.0 Å². The molecule has 0 spiro atoms. The molecule has 8 heteroatoms. The van der Waals surface area contributed by atoms with Gasteiger partial charge < -0.3 is 5.11 Å². The fraction of sp³-hybridized carbons (Fsp3) is 0.444. The Labute approximate surface area is 99.5 Å². The largest absolute Gasteiger partial charge is 0.481 e. The van der Waals surface area contributed by atoms with E-state index in [1.807, 2.05) is 0 Å². The maximum atomic E-state index is 12.5. The van der Waals surface area contributed by atoms with Gasteiger partial charge in [0.1, 0.15) is 11.5 Å². The Morgan fingerprint density at radius 2 is 2.06 bits per heavy atom. The lowest BCUT2D eigenvalue weighted by Gasteiger charge is -2.11.